The SMILES string of the molecule is CCC(C)CCC(O)(O)O. The quantitative estimate of drug-likeness (QED) is 0.507. The van der Waals surface area contributed by atoms with Gasteiger partial charge in [-0.2, -0.15) is 0 Å². The minimum atomic E-state index is -2.47. The molecule has 62 valence electrons. The molecular weight excluding hydrogens is 132 g/mol. The predicted octanol–water partition coefficient (Wildman–Crippen LogP) is 0.443. The summed E-state index contributed by atoms with van der Waals surface area (Å²) in [4.78, 5) is 0. The van der Waals surface area contributed by atoms with Crippen LogP contribution < -0.4 is 0 Å². The summed E-state index contributed by atoms with van der Waals surface area (Å²) in [6.07, 6.45) is 1.66. The van der Waals surface area contributed by atoms with Gasteiger partial charge in [0.2, 0.25) is 0 Å². The first-order valence-corrected chi connectivity index (χ1v) is 3.63. The molecule has 0 aromatic heterocycles. The second-order valence-electron chi connectivity index (χ2n) is 2.83. The third kappa shape index (κ3) is 6.01. The minimum absolute atomic E-state index is 0.0298. The Hall–Kier alpha value is -0.120. The molecule has 0 aromatic carbocycles. The molecule has 10 heavy (non-hydrogen) atoms. The summed E-state index contributed by atoms with van der Waals surface area (Å²) in [7, 11) is 0. The molecule has 1 unspecified atom stereocenters. The topological polar surface area (TPSA) is 60.7 Å². The van der Waals surface area contributed by atoms with Crippen LogP contribution in [0.2, 0.25) is 0 Å². The van der Waals surface area contributed by atoms with E-state index in [2.05, 4.69) is 0 Å². The van der Waals surface area contributed by atoms with Crippen LogP contribution in [-0.2, 0) is 0 Å². The van der Waals surface area contributed by atoms with Crippen LogP contribution >= 0.6 is 0 Å². The van der Waals surface area contributed by atoms with Crippen molar-refractivity contribution in [3.8, 4) is 0 Å². The highest BCUT2D eigenvalue weighted by molar-refractivity contribution is 4.54. The molecule has 0 radical (unpaired) electrons. The number of rotatable bonds is 4. The van der Waals surface area contributed by atoms with Crippen molar-refractivity contribution < 1.29 is 15.3 Å². The molecule has 0 aromatic rings. The number of hydrogen-bond donors (Lipinski definition) is 3. The van der Waals surface area contributed by atoms with E-state index in [1.54, 1.807) is 0 Å². The summed E-state index contributed by atoms with van der Waals surface area (Å²) in [5, 5.41) is 25.4. The van der Waals surface area contributed by atoms with Gasteiger partial charge in [-0.05, 0) is 12.3 Å². The monoisotopic (exact) mass is 148 g/mol. The van der Waals surface area contributed by atoms with Crippen LogP contribution in [0.4, 0.5) is 0 Å². The van der Waals surface area contributed by atoms with Crippen molar-refractivity contribution in [3.63, 3.8) is 0 Å². The highest BCUT2D eigenvalue weighted by atomic mass is 16.7. The summed E-state index contributed by atoms with van der Waals surface area (Å²) >= 11 is 0. The van der Waals surface area contributed by atoms with E-state index in [0.29, 0.717) is 12.3 Å². The smallest absolute Gasteiger partial charge is 0.275 e. The molecule has 0 bridgehead atoms. The molecule has 0 rings (SSSR count). The molecule has 0 fully saturated rings. The molecule has 0 spiro atoms. The van der Waals surface area contributed by atoms with Crippen LogP contribution in [0.5, 0.6) is 0 Å². The molecule has 0 saturated carbocycles. The Balaban J connectivity index is 3.36. The average Bonchev–Trinajstić information content (AvgIpc) is 1.81. The van der Waals surface area contributed by atoms with E-state index < -0.39 is 5.97 Å². The Morgan fingerprint density at radius 2 is 1.80 bits per heavy atom. The zero-order chi connectivity index (χ0) is 8.20. The lowest BCUT2D eigenvalue weighted by molar-refractivity contribution is -0.315. The van der Waals surface area contributed by atoms with E-state index in [-0.39, 0.29) is 6.42 Å². The lowest BCUT2D eigenvalue weighted by Crippen LogP contribution is -2.27. The minimum Gasteiger partial charge on any atom is -0.344 e. The highest BCUT2D eigenvalue weighted by Gasteiger charge is 2.18. The standard InChI is InChI=1S/C7H16O3/c1-3-6(2)4-5-7(8,9)10/h6,8-10H,3-5H2,1-2H3. The second-order valence-corrected chi connectivity index (χ2v) is 2.83. The molecule has 3 nitrogen and oxygen atoms in total. The van der Waals surface area contributed by atoms with Crippen molar-refractivity contribution in [3.05, 3.63) is 0 Å². The van der Waals surface area contributed by atoms with Gasteiger partial charge in [-0.15, -0.1) is 0 Å². The zero-order valence-corrected chi connectivity index (χ0v) is 6.54. The van der Waals surface area contributed by atoms with Crippen molar-refractivity contribution >= 4 is 0 Å². The van der Waals surface area contributed by atoms with Gasteiger partial charge in [0.05, 0.1) is 0 Å². The van der Waals surface area contributed by atoms with Gasteiger partial charge in [-0.3, -0.25) is 0 Å². The fourth-order valence-electron chi connectivity index (χ4n) is 0.644. The summed E-state index contributed by atoms with van der Waals surface area (Å²) in [6, 6.07) is 0. The predicted molar refractivity (Wildman–Crippen MR) is 38.1 cm³/mol. The first kappa shape index (κ1) is 9.88. The van der Waals surface area contributed by atoms with E-state index in [0.717, 1.165) is 6.42 Å². The normalized spacial score (nSPS) is 15.3. The Morgan fingerprint density at radius 3 is 2.10 bits per heavy atom. The van der Waals surface area contributed by atoms with Gasteiger partial charge in [0.1, 0.15) is 0 Å². The lowest BCUT2D eigenvalue weighted by Gasteiger charge is -2.15. The third-order valence-corrected chi connectivity index (χ3v) is 1.67. The Bertz CT molecular complexity index is 85.3. The van der Waals surface area contributed by atoms with Crippen molar-refractivity contribution in [2.24, 2.45) is 5.92 Å². The lowest BCUT2D eigenvalue weighted by atomic mass is 10.0. The van der Waals surface area contributed by atoms with Gasteiger partial charge < -0.3 is 15.3 Å². The summed E-state index contributed by atoms with van der Waals surface area (Å²) < 4.78 is 0. The van der Waals surface area contributed by atoms with Crippen LogP contribution in [0.25, 0.3) is 0 Å². The Morgan fingerprint density at radius 1 is 1.30 bits per heavy atom. The van der Waals surface area contributed by atoms with Crippen molar-refractivity contribution in [1.29, 1.82) is 0 Å². The summed E-state index contributed by atoms with van der Waals surface area (Å²) in [6.45, 7) is 4.03. The van der Waals surface area contributed by atoms with E-state index >= 15 is 0 Å². The van der Waals surface area contributed by atoms with E-state index in [9.17, 15) is 0 Å². The van der Waals surface area contributed by atoms with Gasteiger partial charge >= 0.3 is 0 Å². The molecule has 3 heteroatoms. The van der Waals surface area contributed by atoms with Crippen LogP contribution in [-0.4, -0.2) is 21.3 Å². The van der Waals surface area contributed by atoms with Crippen molar-refractivity contribution in [1.82, 2.24) is 0 Å². The molecular formula is C7H16O3. The Labute approximate surface area is 61.3 Å². The molecule has 1 atom stereocenters. The number of aliphatic hydroxyl groups is 3. The maximum Gasteiger partial charge on any atom is 0.275 e. The van der Waals surface area contributed by atoms with Gasteiger partial charge in [-0.1, -0.05) is 20.3 Å². The largest absolute Gasteiger partial charge is 0.344 e. The Kier molecular flexibility index (Phi) is 3.86. The second kappa shape index (κ2) is 3.91. The van der Waals surface area contributed by atoms with Crippen LogP contribution in [0.1, 0.15) is 33.1 Å². The molecule has 0 heterocycles. The van der Waals surface area contributed by atoms with Crippen LogP contribution in [0, 0.1) is 5.92 Å². The maximum atomic E-state index is 8.47. The first-order valence-electron chi connectivity index (χ1n) is 3.63. The molecule has 0 aliphatic rings. The molecule has 0 aliphatic heterocycles. The summed E-state index contributed by atoms with van der Waals surface area (Å²) in [5.74, 6) is -2.03. The fraction of sp³-hybridized carbons (Fsp3) is 1.00. The molecule has 0 saturated heterocycles. The van der Waals surface area contributed by atoms with Crippen molar-refractivity contribution in [2.75, 3.05) is 0 Å². The molecule has 0 aliphatic carbocycles. The molecule has 0 amide bonds. The molecule has 3 N–H and O–H groups in total. The van der Waals surface area contributed by atoms with Crippen molar-refractivity contribution in [2.45, 2.75) is 39.1 Å². The zero-order valence-electron chi connectivity index (χ0n) is 6.54. The first-order chi connectivity index (χ1) is 4.45. The van der Waals surface area contributed by atoms with Gasteiger partial charge in [0.25, 0.3) is 5.97 Å². The summed E-state index contributed by atoms with van der Waals surface area (Å²) in [5.41, 5.74) is 0. The number of hydrogen-bond acceptors (Lipinski definition) is 3. The maximum absolute atomic E-state index is 8.47. The van der Waals surface area contributed by atoms with Gasteiger partial charge in [0.15, 0.2) is 0 Å². The average molecular weight is 148 g/mol. The highest BCUT2D eigenvalue weighted by Crippen LogP contribution is 2.13. The van der Waals surface area contributed by atoms with E-state index in [4.69, 9.17) is 15.3 Å². The third-order valence-electron chi connectivity index (χ3n) is 1.67. The van der Waals surface area contributed by atoms with Gasteiger partial charge in [-0.25, -0.2) is 0 Å². The van der Waals surface area contributed by atoms with E-state index in [1.807, 2.05) is 13.8 Å². The van der Waals surface area contributed by atoms with E-state index in [1.165, 1.54) is 0 Å². The van der Waals surface area contributed by atoms with Crippen LogP contribution in [0.3, 0.4) is 0 Å². The van der Waals surface area contributed by atoms with Crippen LogP contribution in [0.15, 0.2) is 0 Å². The fourth-order valence-corrected chi connectivity index (χ4v) is 0.644. The van der Waals surface area contributed by atoms with Gasteiger partial charge in [0, 0.05) is 6.42 Å².